The van der Waals surface area contributed by atoms with Crippen LogP contribution in [0.2, 0.25) is 0 Å². The molecule has 0 aliphatic rings. The van der Waals surface area contributed by atoms with Gasteiger partial charge in [0.05, 0.1) is 6.26 Å². The van der Waals surface area contributed by atoms with E-state index in [9.17, 15) is 0 Å². The van der Waals surface area contributed by atoms with Crippen LogP contribution >= 0.6 is 0 Å². The summed E-state index contributed by atoms with van der Waals surface area (Å²) in [6.07, 6.45) is 3.25. The van der Waals surface area contributed by atoms with Crippen LogP contribution in [0.1, 0.15) is 25.4 Å². The van der Waals surface area contributed by atoms with Crippen LogP contribution < -0.4 is 11.1 Å². The van der Waals surface area contributed by atoms with Crippen molar-refractivity contribution in [1.29, 1.82) is 0 Å². The fraction of sp³-hybridized carbons (Fsp3) is 0.385. The van der Waals surface area contributed by atoms with Crippen LogP contribution in [0, 0.1) is 0 Å². The lowest BCUT2D eigenvalue weighted by Crippen LogP contribution is -2.19. The van der Waals surface area contributed by atoms with Crippen LogP contribution in [0.3, 0.4) is 0 Å². The molecule has 1 unspecified atom stereocenters. The molecule has 96 valence electrons. The topological polar surface area (TPSA) is 77.0 Å². The first-order valence-corrected chi connectivity index (χ1v) is 6.09. The molecule has 5 nitrogen and oxygen atoms in total. The summed E-state index contributed by atoms with van der Waals surface area (Å²) in [6, 6.07) is 5.82. The van der Waals surface area contributed by atoms with E-state index in [1.165, 1.54) is 0 Å². The number of furan rings is 1. The standard InChI is InChI=1S/C13H18N4O/c1-3-12-16-11(14)8-13(17-12)15-9(2)7-10-5-4-6-18-10/h4-6,8-9H,3,7H2,1-2H3,(H3,14,15,16,17). The maximum atomic E-state index is 5.74. The highest BCUT2D eigenvalue weighted by Crippen LogP contribution is 2.12. The van der Waals surface area contributed by atoms with Gasteiger partial charge in [0.25, 0.3) is 0 Å². The molecule has 2 aromatic rings. The highest BCUT2D eigenvalue weighted by Gasteiger charge is 2.08. The second-order valence-corrected chi connectivity index (χ2v) is 4.28. The summed E-state index contributed by atoms with van der Waals surface area (Å²) in [6.45, 7) is 4.08. The van der Waals surface area contributed by atoms with Crippen LogP contribution in [0.5, 0.6) is 0 Å². The molecule has 1 atom stereocenters. The molecule has 2 aromatic heterocycles. The normalized spacial score (nSPS) is 12.3. The van der Waals surface area contributed by atoms with Crippen LogP contribution in [0.4, 0.5) is 11.6 Å². The molecule has 0 aromatic carbocycles. The summed E-state index contributed by atoms with van der Waals surface area (Å²) < 4.78 is 5.31. The number of nitrogens with two attached hydrogens (primary N) is 1. The van der Waals surface area contributed by atoms with Gasteiger partial charge in [0, 0.05) is 24.9 Å². The van der Waals surface area contributed by atoms with Crippen molar-refractivity contribution in [2.24, 2.45) is 0 Å². The zero-order valence-electron chi connectivity index (χ0n) is 10.7. The Morgan fingerprint density at radius 2 is 2.28 bits per heavy atom. The molecule has 5 heteroatoms. The smallest absolute Gasteiger partial charge is 0.132 e. The molecular weight excluding hydrogens is 228 g/mol. The average molecular weight is 246 g/mol. The third-order valence-electron chi connectivity index (χ3n) is 2.59. The zero-order chi connectivity index (χ0) is 13.0. The van der Waals surface area contributed by atoms with Gasteiger partial charge in [-0.25, -0.2) is 9.97 Å². The number of nitrogen functional groups attached to an aromatic ring is 1. The van der Waals surface area contributed by atoms with Crippen molar-refractivity contribution in [2.45, 2.75) is 32.7 Å². The fourth-order valence-corrected chi connectivity index (χ4v) is 1.78. The third-order valence-corrected chi connectivity index (χ3v) is 2.59. The summed E-state index contributed by atoms with van der Waals surface area (Å²) in [7, 11) is 0. The first-order valence-electron chi connectivity index (χ1n) is 6.09. The van der Waals surface area contributed by atoms with Gasteiger partial charge < -0.3 is 15.5 Å². The van der Waals surface area contributed by atoms with Gasteiger partial charge >= 0.3 is 0 Å². The van der Waals surface area contributed by atoms with Crippen LogP contribution in [0.15, 0.2) is 28.9 Å². The maximum Gasteiger partial charge on any atom is 0.132 e. The summed E-state index contributed by atoms with van der Waals surface area (Å²) in [5, 5.41) is 3.30. The Hall–Kier alpha value is -2.04. The van der Waals surface area contributed by atoms with E-state index in [-0.39, 0.29) is 6.04 Å². The fourth-order valence-electron chi connectivity index (χ4n) is 1.78. The van der Waals surface area contributed by atoms with Gasteiger partial charge in [-0.1, -0.05) is 6.92 Å². The van der Waals surface area contributed by atoms with Crippen molar-refractivity contribution in [3.05, 3.63) is 36.0 Å². The minimum atomic E-state index is 0.218. The first kappa shape index (κ1) is 12.4. The van der Waals surface area contributed by atoms with Crippen molar-refractivity contribution in [1.82, 2.24) is 9.97 Å². The Labute approximate surface area is 106 Å². The molecule has 0 bridgehead atoms. The van der Waals surface area contributed by atoms with Gasteiger partial charge in [-0.2, -0.15) is 0 Å². The van der Waals surface area contributed by atoms with Crippen molar-refractivity contribution in [2.75, 3.05) is 11.1 Å². The molecule has 0 amide bonds. The monoisotopic (exact) mass is 246 g/mol. The molecule has 0 saturated carbocycles. The van der Waals surface area contributed by atoms with Crippen molar-refractivity contribution in [3.63, 3.8) is 0 Å². The number of hydrogen-bond acceptors (Lipinski definition) is 5. The van der Waals surface area contributed by atoms with Gasteiger partial charge in [0.1, 0.15) is 23.2 Å². The van der Waals surface area contributed by atoms with Crippen molar-refractivity contribution < 1.29 is 4.42 Å². The second kappa shape index (κ2) is 5.53. The predicted octanol–water partition coefficient (Wildman–Crippen LogP) is 2.26. The van der Waals surface area contributed by atoms with E-state index in [0.29, 0.717) is 5.82 Å². The third kappa shape index (κ3) is 3.23. The maximum absolute atomic E-state index is 5.74. The quantitative estimate of drug-likeness (QED) is 0.846. The molecule has 3 N–H and O–H groups in total. The summed E-state index contributed by atoms with van der Waals surface area (Å²) in [4.78, 5) is 8.53. The lowest BCUT2D eigenvalue weighted by Gasteiger charge is -2.14. The number of hydrogen-bond donors (Lipinski definition) is 2. The second-order valence-electron chi connectivity index (χ2n) is 4.28. The minimum absolute atomic E-state index is 0.218. The summed E-state index contributed by atoms with van der Waals surface area (Å²) in [5.41, 5.74) is 5.74. The van der Waals surface area contributed by atoms with E-state index < -0.39 is 0 Å². The molecule has 0 aliphatic heterocycles. The van der Waals surface area contributed by atoms with Crippen molar-refractivity contribution in [3.8, 4) is 0 Å². The molecule has 0 radical (unpaired) electrons. The van der Waals surface area contributed by atoms with E-state index in [4.69, 9.17) is 10.2 Å². The van der Waals surface area contributed by atoms with E-state index in [1.54, 1.807) is 12.3 Å². The Morgan fingerprint density at radius 3 is 2.94 bits per heavy atom. The zero-order valence-corrected chi connectivity index (χ0v) is 10.7. The molecule has 0 aliphatic carbocycles. The molecule has 18 heavy (non-hydrogen) atoms. The van der Waals surface area contributed by atoms with Gasteiger partial charge in [-0.15, -0.1) is 0 Å². The van der Waals surface area contributed by atoms with Crippen LogP contribution in [-0.2, 0) is 12.8 Å². The van der Waals surface area contributed by atoms with E-state index in [1.807, 2.05) is 19.1 Å². The Kier molecular flexibility index (Phi) is 3.82. The van der Waals surface area contributed by atoms with E-state index >= 15 is 0 Å². The molecular formula is C13H18N4O. The van der Waals surface area contributed by atoms with Gasteiger partial charge in [-0.05, 0) is 19.1 Å². The summed E-state index contributed by atoms with van der Waals surface area (Å²) in [5.74, 6) is 2.96. The largest absolute Gasteiger partial charge is 0.469 e. The predicted molar refractivity (Wildman–Crippen MR) is 71.3 cm³/mol. The molecule has 2 rings (SSSR count). The Morgan fingerprint density at radius 1 is 1.44 bits per heavy atom. The number of rotatable bonds is 5. The van der Waals surface area contributed by atoms with Gasteiger partial charge in [0.15, 0.2) is 0 Å². The first-order chi connectivity index (χ1) is 8.67. The lowest BCUT2D eigenvalue weighted by atomic mass is 10.2. The van der Waals surface area contributed by atoms with E-state index in [0.717, 1.165) is 30.2 Å². The average Bonchev–Trinajstić information content (AvgIpc) is 2.80. The molecule has 0 saturated heterocycles. The Balaban J connectivity index is 2.02. The SMILES string of the molecule is CCc1nc(N)cc(NC(C)Cc2ccco2)n1. The lowest BCUT2D eigenvalue weighted by molar-refractivity contribution is 0.497. The number of aryl methyl sites for hydroxylation is 1. The van der Waals surface area contributed by atoms with Gasteiger partial charge in [0.2, 0.25) is 0 Å². The highest BCUT2D eigenvalue weighted by atomic mass is 16.3. The minimum Gasteiger partial charge on any atom is -0.469 e. The number of aromatic nitrogens is 2. The van der Waals surface area contributed by atoms with E-state index in [2.05, 4.69) is 22.2 Å². The number of anilines is 2. The number of nitrogens with one attached hydrogen (secondary N) is 1. The molecule has 2 heterocycles. The molecule has 0 spiro atoms. The Bertz CT molecular complexity index is 496. The number of nitrogens with zero attached hydrogens (tertiary/aromatic N) is 2. The van der Waals surface area contributed by atoms with Crippen LogP contribution in [-0.4, -0.2) is 16.0 Å². The molecule has 0 fully saturated rings. The van der Waals surface area contributed by atoms with Crippen molar-refractivity contribution >= 4 is 11.6 Å². The summed E-state index contributed by atoms with van der Waals surface area (Å²) >= 11 is 0. The van der Waals surface area contributed by atoms with Crippen LogP contribution in [0.25, 0.3) is 0 Å². The van der Waals surface area contributed by atoms with Gasteiger partial charge in [-0.3, -0.25) is 0 Å². The highest BCUT2D eigenvalue weighted by molar-refractivity contribution is 5.45.